The number of benzene rings is 1. The SMILES string of the molecule is NC1CC(=O)N(c2cc(Cl)cc(Br)c2)C1. The Morgan fingerprint density at radius 2 is 2.20 bits per heavy atom. The second-order valence-corrected chi connectivity index (χ2v) is 4.95. The number of nitrogens with zero attached hydrogens (tertiary/aromatic N) is 1. The van der Waals surface area contributed by atoms with Crippen LogP contribution < -0.4 is 10.6 Å². The van der Waals surface area contributed by atoms with Crippen LogP contribution in [0.4, 0.5) is 5.69 Å². The van der Waals surface area contributed by atoms with Crippen LogP contribution in [0, 0.1) is 0 Å². The van der Waals surface area contributed by atoms with E-state index in [1.807, 2.05) is 6.07 Å². The molecule has 0 saturated carbocycles. The molecule has 1 unspecified atom stereocenters. The Kier molecular flexibility index (Phi) is 3.00. The van der Waals surface area contributed by atoms with Gasteiger partial charge in [-0.05, 0) is 18.2 Å². The minimum Gasteiger partial charge on any atom is -0.326 e. The van der Waals surface area contributed by atoms with Crippen LogP contribution in [0.5, 0.6) is 0 Å². The number of hydrogen-bond acceptors (Lipinski definition) is 2. The smallest absolute Gasteiger partial charge is 0.228 e. The average molecular weight is 290 g/mol. The van der Waals surface area contributed by atoms with Crippen LogP contribution in [-0.4, -0.2) is 18.5 Å². The van der Waals surface area contributed by atoms with Gasteiger partial charge in [-0.2, -0.15) is 0 Å². The lowest BCUT2D eigenvalue weighted by Crippen LogP contribution is -2.27. The van der Waals surface area contributed by atoms with Gasteiger partial charge in [-0.1, -0.05) is 27.5 Å². The number of carbonyl (C=O) groups is 1. The summed E-state index contributed by atoms with van der Waals surface area (Å²) in [7, 11) is 0. The highest BCUT2D eigenvalue weighted by Gasteiger charge is 2.28. The molecule has 1 saturated heterocycles. The molecule has 2 rings (SSSR count). The van der Waals surface area contributed by atoms with Gasteiger partial charge in [0.1, 0.15) is 0 Å². The Bertz CT molecular complexity index is 390. The molecule has 1 aromatic carbocycles. The molecular formula is C10H10BrClN2O. The van der Waals surface area contributed by atoms with E-state index in [0.29, 0.717) is 18.0 Å². The van der Waals surface area contributed by atoms with Crippen LogP contribution in [0.2, 0.25) is 5.02 Å². The van der Waals surface area contributed by atoms with Gasteiger partial charge in [0, 0.05) is 34.2 Å². The Balaban J connectivity index is 2.33. The number of anilines is 1. The minimum atomic E-state index is -0.0738. The lowest BCUT2D eigenvalue weighted by molar-refractivity contribution is -0.117. The number of halogens is 2. The highest BCUT2D eigenvalue weighted by Crippen LogP contribution is 2.28. The van der Waals surface area contributed by atoms with Crippen LogP contribution in [0.15, 0.2) is 22.7 Å². The van der Waals surface area contributed by atoms with E-state index in [9.17, 15) is 4.79 Å². The third-order valence-corrected chi connectivity index (χ3v) is 2.99. The highest BCUT2D eigenvalue weighted by atomic mass is 79.9. The molecule has 15 heavy (non-hydrogen) atoms. The molecular weight excluding hydrogens is 279 g/mol. The van der Waals surface area contributed by atoms with Gasteiger partial charge in [0.25, 0.3) is 0 Å². The van der Waals surface area contributed by atoms with Gasteiger partial charge in [-0.3, -0.25) is 4.79 Å². The van der Waals surface area contributed by atoms with Gasteiger partial charge in [0.15, 0.2) is 0 Å². The van der Waals surface area contributed by atoms with Crippen molar-refractivity contribution in [3.05, 3.63) is 27.7 Å². The Hall–Kier alpha value is -0.580. The number of hydrogen-bond donors (Lipinski definition) is 1. The molecule has 1 atom stereocenters. The van der Waals surface area contributed by atoms with Crippen molar-refractivity contribution < 1.29 is 4.79 Å². The van der Waals surface area contributed by atoms with Crippen molar-refractivity contribution in [1.82, 2.24) is 0 Å². The molecule has 5 heteroatoms. The molecule has 1 aromatic rings. The molecule has 1 aliphatic heterocycles. The summed E-state index contributed by atoms with van der Waals surface area (Å²) in [6.07, 6.45) is 0.407. The molecule has 80 valence electrons. The number of carbonyl (C=O) groups excluding carboxylic acids is 1. The Labute approximate surface area is 101 Å². The Morgan fingerprint density at radius 3 is 2.73 bits per heavy atom. The third kappa shape index (κ3) is 2.33. The van der Waals surface area contributed by atoms with E-state index in [2.05, 4.69) is 15.9 Å². The summed E-state index contributed by atoms with van der Waals surface area (Å²) in [5, 5.41) is 0.604. The quantitative estimate of drug-likeness (QED) is 0.861. The molecule has 1 heterocycles. The minimum absolute atomic E-state index is 0.0525. The first-order chi connectivity index (χ1) is 7.06. The largest absolute Gasteiger partial charge is 0.326 e. The van der Waals surface area contributed by atoms with Crippen LogP contribution >= 0.6 is 27.5 Å². The zero-order chi connectivity index (χ0) is 11.0. The van der Waals surface area contributed by atoms with Crippen molar-refractivity contribution >= 4 is 39.1 Å². The van der Waals surface area contributed by atoms with Gasteiger partial charge >= 0.3 is 0 Å². The van der Waals surface area contributed by atoms with Crippen molar-refractivity contribution in [2.24, 2.45) is 5.73 Å². The first-order valence-electron chi connectivity index (χ1n) is 4.58. The van der Waals surface area contributed by atoms with Gasteiger partial charge in [0.2, 0.25) is 5.91 Å². The Morgan fingerprint density at radius 1 is 1.47 bits per heavy atom. The van der Waals surface area contributed by atoms with Crippen LogP contribution in [0.25, 0.3) is 0 Å². The molecule has 0 bridgehead atoms. The fraction of sp³-hybridized carbons (Fsp3) is 0.300. The van der Waals surface area contributed by atoms with Crippen LogP contribution in [-0.2, 0) is 4.79 Å². The fourth-order valence-corrected chi connectivity index (χ4v) is 2.52. The predicted molar refractivity (Wildman–Crippen MR) is 64.1 cm³/mol. The molecule has 1 amide bonds. The highest BCUT2D eigenvalue weighted by molar-refractivity contribution is 9.10. The molecule has 3 nitrogen and oxygen atoms in total. The first kappa shape index (κ1) is 10.9. The second-order valence-electron chi connectivity index (χ2n) is 3.60. The van der Waals surface area contributed by atoms with Crippen LogP contribution in [0.1, 0.15) is 6.42 Å². The topological polar surface area (TPSA) is 46.3 Å². The summed E-state index contributed by atoms with van der Waals surface area (Å²) in [6, 6.07) is 5.34. The van der Waals surface area contributed by atoms with E-state index in [1.54, 1.807) is 17.0 Å². The van der Waals surface area contributed by atoms with Crippen molar-refractivity contribution in [2.45, 2.75) is 12.5 Å². The summed E-state index contributed by atoms with van der Waals surface area (Å²) in [6.45, 7) is 0.561. The first-order valence-corrected chi connectivity index (χ1v) is 5.75. The van der Waals surface area contributed by atoms with Crippen molar-refractivity contribution in [2.75, 3.05) is 11.4 Å². The van der Waals surface area contributed by atoms with Crippen molar-refractivity contribution in [3.8, 4) is 0 Å². The summed E-state index contributed by atoms with van der Waals surface area (Å²) < 4.78 is 0.860. The van der Waals surface area contributed by atoms with E-state index in [1.165, 1.54) is 0 Å². The standard InChI is InChI=1S/C10H10BrClN2O/c11-6-1-7(12)3-9(2-6)14-5-8(13)4-10(14)15/h1-3,8H,4-5,13H2. The molecule has 0 aliphatic carbocycles. The van der Waals surface area contributed by atoms with E-state index >= 15 is 0 Å². The average Bonchev–Trinajstić information content (AvgIpc) is 2.43. The lowest BCUT2D eigenvalue weighted by Gasteiger charge is -2.16. The van der Waals surface area contributed by atoms with Gasteiger partial charge in [0.05, 0.1) is 0 Å². The zero-order valence-corrected chi connectivity index (χ0v) is 10.3. The van der Waals surface area contributed by atoms with Gasteiger partial charge < -0.3 is 10.6 Å². The second kappa shape index (κ2) is 4.12. The molecule has 0 spiro atoms. The lowest BCUT2D eigenvalue weighted by atomic mass is 10.3. The molecule has 1 fully saturated rings. The summed E-state index contributed by atoms with van der Waals surface area (Å²) in [4.78, 5) is 13.3. The number of nitrogens with two attached hydrogens (primary N) is 1. The number of amides is 1. The summed E-state index contributed by atoms with van der Waals surface area (Å²) in [5.74, 6) is 0.0525. The summed E-state index contributed by atoms with van der Waals surface area (Å²) in [5.41, 5.74) is 6.52. The fourth-order valence-electron chi connectivity index (χ4n) is 1.68. The maximum atomic E-state index is 11.6. The monoisotopic (exact) mass is 288 g/mol. The predicted octanol–water partition coefficient (Wildman–Crippen LogP) is 2.17. The normalized spacial score (nSPS) is 21.1. The van der Waals surface area contributed by atoms with Gasteiger partial charge in [-0.15, -0.1) is 0 Å². The maximum absolute atomic E-state index is 11.6. The van der Waals surface area contributed by atoms with Crippen molar-refractivity contribution in [3.63, 3.8) is 0 Å². The molecule has 0 radical (unpaired) electrons. The maximum Gasteiger partial charge on any atom is 0.228 e. The van der Waals surface area contributed by atoms with Crippen LogP contribution in [0.3, 0.4) is 0 Å². The number of rotatable bonds is 1. The van der Waals surface area contributed by atoms with Gasteiger partial charge in [-0.25, -0.2) is 0 Å². The third-order valence-electron chi connectivity index (χ3n) is 2.31. The zero-order valence-electron chi connectivity index (χ0n) is 7.91. The van der Waals surface area contributed by atoms with E-state index in [-0.39, 0.29) is 11.9 Å². The molecule has 2 N–H and O–H groups in total. The van der Waals surface area contributed by atoms with E-state index in [0.717, 1.165) is 10.2 Å². The van der Waals surface area contributed by atoms with E-state index in [4.69, 9.17) is 17.3 Å². The molecule has 0 aromatic heterocycles. The van der Waals surface area contributed by atoms with E-state index < -0.39 is 0 Å². The molecule has 1 aliphatic rings. The summed E-state index contributed by atoms with van der Waals surface area (Å²) >= 11 is 9.25. The van der Waals surface area contributed by atoms with Crippen molar-refractivity contribution in [1.29, 1.82) is 0 Å².